The van der Waals surface area contributed by atoms with Crippen molar-refractivity contribution in [2.45, 2.75) is 33.6 Å². The average Bonchev–Trinajstić information content (AvgIpc) is 2.89. The highest BCUT2D eigenvalue weighted by molar-refractivity contribution is 6.06. The fraction of sp³-hybridized carbons (Fsp3) is 0.333. The highest BCUT2D eigenvalue weighted by Crippen LogP contribution is 2.39. The number of amides is 2. The van der Waals surface area contributed by atoms with Crippen molar-refractivity contribution in [2.75, 3.05) is 0 Å². The lowest BCUT2D eigenvalue weighted by Crippen LogP contribution is -2.31. The third-order valence-electron chi connectivity index (χ3n) is 4.12. The van der Waals surface area contributed by atoms with Crippen LogP contribution in [0.3, 0.4) is 0 Å². The quantitative estimate of drug-likeness (QED) is 0.647. The van der Waals surface area contributed by atoms with Crippen LogP contribution in [0.5, 0.6) is 5.75 Å². The van der Waals surface area contributed by atoms with Gasteiger partial charge in [0.15, 0.2) is 0 Å². The number of ether oxygens (including phenoxy) is 1. The summed E-state index contributed by atoms with van der Waals surface area (Å²) in [5.41, 5.74) is 9.20. The third kappa shape index (κ3) is 3.58. The van der Waals surface area contributed by atoms with E-state index in [4.69, 9.17) is 14.9 Å². The first-order valence-electron chi connectivity index (χ1n) is 8.14. The number of carbonyl (C=O) groups excluding carboxylic acids is 2. The number of furan rings is 1. The molecular formula is C18H20N4O4. The molecule has 8 nitrogen and oxygen atoms in total. The predicted octanol–water partition coefficient (Wildman–Crippen LogP) is 2.55. The number of esters is 1. The molecule has 3 rings (SSSR count). The normalized spacial score (nSPS) is 16.8. The molecule has 0 saturated heterocycles. The summed E-state index contributed by atoms with van der Waals surface area (Å²) in [7, 11) is 0. The zero-order valence-corrected chi connectivity index (χ0v) is 14.8. The molecule has 0 aromatic carbocycles. The van der Waals surface area contributed by atoms with Crippen LogP contribution >= 0.6 is 0 Å². The molecular weight excluding hydrogens is 336 g/mol. The second kappa shape index (κ2) is 6.62. The number of carbonyl (C=O) groups is 2. The summed E-state index contributed by atoms with van der Waals surface area (Å²) in [6, 6.07) is 2.56. The van der Waals surface area contributed by atoms with E-state index >= 15 is 0 Å². The molecule has 1 aliphatic carbocycles. The SMILES string of the molecule is Cc1c(C(=O)Oc2cccnc2)oc2c1/C(=N\NC(N)=O)CC(C)(C)C2. The second-order valence-electron chi connectivity index (χ2n) is 6.98. The molecule has 0 aliphatic heterocycles. The Labute approximate surface area is 150 Å². The first kappa shape index (κ1) is 17.7. The van der Waals surface area contributed by atoms with Gasteiger partial charge in [0.1, 0.15) is 11.5 Å². The summed E-state index contributed by atoms with van der Waals surface area (Å²) < 4.78 is 11.1. The Morgan fingerprint density at radius 2 is 2.15 bits per heavy atom. The van der Waals surface area contributed by atoms with Crippen molar-refractivity contribution in [3.8, 4) is 5.75 Å². The highest BCUT2D eigenvalue weighted by atomic mass is 16.5. The number of nitrogens with one attached hydrogen (secondary N) is 1. The smallest absolute Gasteiger partial charge is 0.379 e. The van der Waals surface area contributed by atoms with Crippen molar-refractivity contribution in [3.63, 3.8) is 0 Å². The van der Waals surface area contributed by atoms with Crippen LogP contribution in [0.2, 0.25) is 0 Å². The maximum absolute atomic E-state index is 12.5. The number of pyridine rings is 1. The molecule has 0 radical (unpaired) electrons. The van der Waals surface area contributed by atoms with Crippen molar-refractivity contribution in [2.24, 2.45) is 16.3 Å². The number of nitrogens with two attached hydrogens (primary N) is 1. The number of nitrogens with zero attached hydrogens (tertiary/aromatic N) is 2. The molecule has 2 aromatic rings. The zero-order valence-electron chi connectivity index (χ0n) is 14.8. The monoisotopic (exact) mass is 356 g/mol. The lowest BCUT2D eigenvalue weighted by molar-refractivity contribution is 0.0696. The molecule has 0 fully saturated rings. The van der Waals surface area contributed by atoms with Gasteiger partial charge >= 0.3 is 12.0 Å². The third-order valence-corrected chi connectivity index (χ3v) is 4.12. The second-order valence-corrected chi connectivity index (χ2v) is 6.98. The van der Waals surface area contributed by atoms with Crippen LogP contribution in [0.1, 0.15) is 47.7 Å². The van der Waals surface area contributed by atoms with E-state index in [0.29, 0.717) is 35.6 Å². The Bertz CT molecular complexity index is 884. The van der Waals surface area contributed by atoms with Gasteiger partial charge in [-0.15, -0.1) is 0 Å². The number of primary amides is 1. The van der Waals surface area contributed by atoms with E-state index < -0.39 is 12.0 Å². The summed E-state index contributed by atoms with van der Waals surface area (Å²) >= 11 is 0. The molecule has 2 heterocycles. The number of urea groups is 1. The fourth-order valence-electron chi connectivity index (χ4n) is 3.09. The minimum atomic E-state index is -0.750. The van der Waals surface area contributed by atoms with Crippen molar-refractivity contribution in [1.29, 1.82) is 0 Å². The van der Waals surface area contributed by atoms with E-state index in [-0.39, 0.29) is 11.2 Å². The van der Waals surface area contributed by atoms with Crippen LogP contribution in [0.4, 0.5) is 4.79 Å². The Morgan fingerprint density at radius 1 is 1.38 bits per heavy atom. The minimum absolute atomic E-state index is 0.114. The fourth-order valence-corrected chi connectivity index (χ4v) is 3.09. The van der Waals surface area contributed by atoms with Crippen molar-refractivity contribution >= 4 is 17.7 Å². The number of hydrazone groups is 1. The maximum Gasteiger partial charge on any atom is 0.379 e. The lowest BCUT2D eigenvalue weighted by atomic mass is 9.75. The lowest BCUT2D eigenvalue weighted by Gasteiger charge is -2.29. The molecule has 0 spiro atoms. The van der Waals surface area contributed by atoms with Gasteiger partial charge in [0.05, 0.1) is 11.9 Å². The standard InChI is InChI=1S/C18H20N4O4/c1-10-14-12(21-22-17(19)24)7-18(2,3)8-13(14)26-15(10)16(23)25-11-5-4-6-20-9-11/h4-6,9H,7-8H2,1-3H3,(H3,19,22,24)/b21-12-. The summed E-state index contributed by atoms with van der Waals surface area (Å²) in [4.78, 5) is 27.4. The summed E-state index contributed by atoms with van der Waals surface area (Å²) in [6.45, 7) is 5.88. The topological polar surface area (TPSA) is 120 Å². The highest BCUT2D eigenvalue weighted by Gasteiger charge is 2.36. The van der Waals surface area contributed by atoms with Gasteiger partial charge in [-0.05, 0) is 30.9 Å². The molecule has 0 bridgehead atoms. The van der Waals surface area contributed by atoms with E-state index in [1.807, 2.05) is 0 Å². The summed E-state index contributed by atoms with van der Waals surface area (Å²) in [5.74, 6) is 0.478. The van der Waals surface area contributed by atoms with Gasteiger partial charge in [0.25, 0.3) is 0 Å². The molecule has 0 saturated carbocycles. The van der Waals surface area contributed by atoms with E-state index in [1.165, 1.54) is 6.20 Å². The van der Waals surface area contributed by atoms with Crippen molar-refractivity contribution in [1.82, 2.24) is 10.4 Å². The van der Waals surface area contributed by atoms with Crippen LogP contribution in [-0.2, 0) is 6.42 Å². The van der Waals surface area contributed by atoms with Gasteiger partial charge in [-0.1, -0.05) is 13.8 Å². The molecule has 0 unspecified atom stereocenters. The van der Waals surface area contributed by atoms with Crippen LogP contribution in [0.25, 0.3) is 0 Å². The van der Waals surface area contributed by atoms with Gasteiger partial charge in [-0.3, -0.25) is 4.98 Å². The maximum atomic E-state index is 12.5. The van der Waals surface area contributed by atoms with Crippen LogP contribution in [-0.4, -0.2) is 22.7 Å². The van der Waals surface area contributed by atoms with Gasteiger partial charge in [-0.2, -0.15) is 5.10 Å². The van der Waals surface area contributed by atoms with Crippen molar-refractivity contribution in [3.05, 3.63) is 47.2 Å². The predicted molar refractivity (Wildman–Crippen MR) is 94.0 cm³/mol. The number of fused-ring (bicyclic) bond motifs is 1. The van der Waals surface area contributed by atoms with Gasteiger partial charge < -0.3 is 14.9 Å². The van der Waals surface area contributed by atoms with Crippen LogP contribution in [0.15, 0.2) is 34.0 Å². The average molecular weight is 356 g/mol. The Hall–Kier alpha value is -3.16. The Balaban J connectivity index is 1.97. The van der Waals surface area contributed by atoms with Crippen LogP contribution in [0, 0.1) is 12.3 Å². The van der Waals surface area contributed by atoms with E-state index in [1.54, 1.807) is 25.3 Å². The van der Waals surface area contributed by atoms with E-state index in [2.05, 4.69) is 29.4 Å². The van der Waals surface area contributed by atoms with Gasteiger partial charge in [-0.25, -0.2) is 15.0 Å². The van der Waals surface area contributed by atoms with Gasteiger partial charge in [0, 0.05) is 23.7 Å². The first-order valence-corrected chi connectivity index (χ1v) is 8.14. The largest absolute Gasteiger partial charge is 0.453 e. The summed E-state index contributed by atoms with van der Waals surface area (Å²) in [6.07, 6.45) is 4.28. The zero-order chi connectivity index (χ0) is 18.9. The molecule has 2 amide bonds. The van der Waals surface area contributed by atoms with Crippen LogP contribution < -0.4 is 15.9 Å². The minimum Gasteiger partial charge on any atom is -0.453 e. The molecule has 8 heteroatoms. The summed E-state index contributed by atoms with van der Waals surface area (Å²) in [5, 5.41) is 4.11. The van der Waals surface area contributed by atoms with E-state index in [9.17, 15) is 9.59 Å². The molecule has 0 atom stereocenters. The van der Waals surface area contributed by atoms with E-state index in [0.717, 1.165) is 5.56 Å². The molecule has 2 aromatic heterocycles. The number of aromatic nitrogens is 1. The Kier molecular flexibility index (Phi) is 4.50. The molecule has 1 aliphatic rings. The van der Waals surface area contributed by atoms with Crippen molar-refractivity contribution < 1.29 is 18.7 Å². The number of rotatable bonds is 3. The molecule has 136 valence electrons. The number of hydrogen-bond donors (Lipinski definition) is 2. The van der Waals surface area contributed by atoms with Gasteiger partial charge in [0.2, 0.25) is 5.76 Å². The number of hydrogen-bond acceptors (Lipinski definition) is 6. The first-order chi connectivity index (χ1) is 12.3. The Morgan fingerprint density at radius 3 is 2.81 bits per heavy atom. The molecule has 3 N–H and O–H groups in total. The molecule has 26 heavy (non-hydrogen) atoms.